The molecule has 1 aliphatic rings. The van der Waals surface area contributed by atoms with Crippen molar-refractivity contribution < 1.29 is 18.3 Å². The summed E-state index contributed by atoms with van der Waals surface area (Å²) < 4.78 is 26.4. The number of carbonyl (C=O) groups excluding carboxylic acids is 1. The van der Waals surface area contributed by atoms with Gasteiger partial charge in [-0.05, 0) is 31.2 Å². The van der Waals surface area contributed by atoms with E-state index in [0.29, 0.717) is 0 Å². The molecule has 8 heteroatoms. The molecule has 24 heavy (non-hydrogen) atoms. The number of pyridine rings is 1. The third kappa shape index (κ3) is 2.50. The van der Waals surface area contributed by atoms with E-state index in [2.05, 4.69) is 10.3 Å². The summed E-state index contributed by atoms with van der Waals surface area (Å²) in [5.74, 6) is -0.864. The second-order valence-electron chi connectivity index (χ2n) is 5.03. The highest BCUT2D eigenvalue weighted by Gasteiger charge is 2.39. The maximum Gasteiger partial charge on any atom is 0.277 e. The smallest absolute Gasteiger partial charge is 0.277 e. The van der Waals surface area contributed by atoms with E-state index in [4.69, 9.17) is 0 Å². The minimum atomic E-state index is -3.92. The van der Waals surface area contributed by atoms with Crippen LogP contribution in [0.3, 0.4) is 0 Å². The van der Waals surface area contributed by atoms with E-state index in [1.807, 2.05) is 0 Å². The Morgan fingerprint density at radius 2 is 1.92 bits per heavy atom. The lowest BCUT2D eigenvalue weighted by Crippen LogP contribution is -2.39. The van der Waals surface area contributed by atoms with Gasteiger partial charge < -0.3 is 10.4 Å². The van der Waals surface area contributed by atoms with E-state index in [-0.39, 0.29) is 34.3 Å². The predicted molar refractivity (Wildman–Crippen MR) is 88.4 cm³/mol. The number of hydrogen-bond acceptors (Lipinski definition) is 5. The summed E-state index contributed by atoms with van der Waals surface area (Å²) in [6, 6.07) is 11.0. The first-order chi connectivity index (χ1) is 11.5. The molecule has 2 aromatic rings. The quantitative estimate of drug-likeness (QED) is 0.886. The largest absolute Gasteiger partial charge is 0.505 e. The fourth-order valence-electron chi connectivity index (χ4n) is 2.53. The number of sulfonamides is 1. The summed E-state index contributed by atoms with van der Waals surface area (Å²) >= 11 is 0. The van der Waals surface area contributed by atoms with Crippen molar-refractivity contribution in [2.45, 2.75) is 11.8 Å². The molecule has 1 amide bonds. The van der Waals surface area contributed by atoms with Crippen LogP contribution in [0.25, 0.3) is 5.76 Å². The normalized spacial score (nSPS) is 15.8. The number of hydrogen-bond donors (Lipinski definition) is 2. The second-order valence-corrected chi connectivity index (χ2v) is 6.86. The molecule has 1 aromatic heterocycles. The topological polar surface area (TPSA) is 99.6 Å². The summed E-state index contributed by atoms with van der Waals surface area (Å²) in [4.78, 5) is 16.5. The van der Waals surface area contributed by atoms with Gasteiger partial charge >= 0.3 is 0 Å². The van der Waals surface area contributed by atoms with Crippen LogP contribution in [0.15, 0.2) is 59.3 Å². The maximum atomic E-state index is 12.7. The van der Waals surface area contributed by atoms with Crippen molar-refractivity contribution in [2.24, 2.45) is 0 Å². The van der Waals surface area contributed by atoms with Gasteiger partial charge in [0.15, 0.2) is 11.5 Å². The Morgan fingerprint density at radius 1 is 1.21 bits per heavy atom. The van der Waals surface area contributed by atoms with Gasteiger partial charge in [-0.3, -0.25) is 9.10 Å². The van der Waals surface area contributed by atoms with Crippen molar-refractivity contribution in [1.82, 2.24) is 9.29 Å². The van der Waals surface area contributed by atoms with Crippen LogP contribution >= 0.6 is 0 Å². The SMILES string of the molecule is CCN1C(C(=O)Nc2ccccn2)=C(O)c2ccccc2S1(=O)=O. The van der Waals surface area contributed by atoms with Crippen LogP contribution in [0.1, 0.15) is 12.5 Å². The number of amides is 1. The molecule has 2 heterocycles. The molecule has 3 rings (SSSR count). The number of nitrogens with one attached hydrogen (secondary N) is 1. The van der Waals surface area contributed by atoms with Crippen molar-refractivity contribution in [1.29, 1.82) is 0 Å². The highest BCUT2D eigenvalue weighted by molar-refractivity contribution is 7.89. The highest BCUT2D eigenvalue weighted by atomic mass is 32.2. The molecule has 0 spiro atoms. The molecule has 1 aliphatic heterocycles. The number of likely N-dealkylation sites (N-methyl/N-ethyl adjacent to an activating group) is 1. The van der Waals surface area contributed by atoms with E-state index >= 15 is 0 Å². The number of carbonyl (C=O) groups is 1. The van der Waals surface area contributed by atoms with Crippen LogP contribution in [-0.4, -0.2) is 35.3 Å². The average Bonchev–Trinajstić information content (AvgIpc) is 2.58. The fraction of sp³-hybridized carbons (Fsp3) is 0.125. The van der Waals surface area contributed by atoms with Crippen molar-refractivity contribution in [3.63, 3.8) is 0 Å². The van der Waals surface area contributed by atoms with Gasteiger partial charge in [-0.1, -0.05) is 18.2 Å². The molecule has 0 aliphatic carbocycles. The van der Waals surface area contributed by atoms with Gasteiger partial charge in [0.25, 0.3) is 15.9 Å². The molecule has 0 saturated carbocycles. The van der Waals surface area contributed by atoms with Crippen LogP contribution in [0, 0.1) is 0 Å². The van der Waals surface area contributed by atoms with E-state index in [9.17, 15) is 18.3 Å². The number of aromatic nitrogens is 1. The fourth-order valence-corrected chi connectivity index (χ4v) is 4.21. The molecular formula is C16H15N3O4S. The predicted octanol–water partition coefficient (Wildman–Crippen LogP) is 1.97. The molecule has 1 aromatic carbocycles. The zero-order chi connectivity index (χ0) is 17.3. The van der Waals surface area contributed by atoms with E-state index in [1.165, 1.54) is 18.3 Å². The minimum Gasteiger partial charge on any atom is -0.505 e. The van der Waals surface area contributed by atoms with Gasteiger partial charge in [0.2, 0.25) is 0 Å². The molecule has 7 nitrogen and oxygen atoms in total. The van der Waals surface area contributed by atoms with E-state index in [0.717, 1.165) is 4.31 Å². The van der Waals surface area contributed by atoms with Gasteiger partial charge in [0.1, 0.15) is 5.82 Å². The first-order valence-electron chi connectivity index (χ1n) is 7.24. The first-order valence-corrected chi connectivity index (χ1v) is 8.68. The van der Waals surface area contributed by atoms with Crippen molar-refractivity contribution in [2.75, 3.05) is 11.9 Å². The highest BCUT2D eigenvalue weighted by Crippen LogP contribution is 2.35. The van der Waals surface area contributed by atoms with Gasteiger partial charge in [-0.15, -0.1) is 0 Å². The van der Waals surface area contributed by atoms with Crippen molar-refractivity contribution >= 4 is 27.5 Å². The van der Waals surface area contributed by atoms with Crippen LogP contribution < -0.4 is 5.32 Å². The summed E-state index contributed by atoms with van der Waals surface area (Å²) in [5, 5.41) is 13.0. The second kappa shape index (κ2) is 5.97. The van der Waals surface area contributed by atoms with Crippen LogP contribution in [-0.2, 0) is 14.8 Å². The van der Waals surface area contributed by atoms with Gasteiger partial charge in [0, 0.05) is 18.3 Å². The molecular weight excluding hydrogens is 330 g/mol. The van der Waals surface area contributed by atoms with E-state index < -0.39 is 15.9 Å². The third-order valence-corrected chi connectivity index (χ3v) is 5.53. The summed E-state index contributed by atoms with van der Waals surface area (Å²) in [6.45, 7) is 1.60. The molecule has 0 atom stereocenters. The lowest BCUT2D eigenvalue weighted by atomic mass is 10.1. The number of anilines is 1. The standard InChI is InChI=1S/C16H15N3O4S/c1-2-19-14(16(21)18-13-9-5-6-10-17-13)15(20)11-7-3-4-8-12(11)24(19,22)23/h3-10,20H,2H2,1H3,(H,17,18,21). The number of rotatable bonds is 3. The Kier molecular flexibility index (Phi) is 3.98. The molecule has 124 valence electrons. The zero-order valence-electron chi connectivity index (χ0n) is 12.8. The number of nitrogens with zero attached hydrogens (tertiary/aromatic N) is 2. The third-order valence-electron chi connectivity index (χ3n) is 3.59. The van der Waals surface area contributed by atoms with Gasteiger partial charge in [-0.25, -0.2) is 13.4 Å². The number of aliphatic hydroxyl groups is 1. The van der Waals surface area contributed by atoms with Crippen molar-refractivity contribution in [3.8, 4) is 0 Å². The zero-order valence-corrected chi connectivity index (χ0v) is 13.6. The molecule has 0 fully saturated rings. The first kappa shape index (κ1) is 16.0. The van der Waals surface area contributed by atoms with Gasteiger partial charge in [-0.2, -0.15) is 0 Å². The Labute approximate surface area is 139 Å². The summed E-state index contributed by atoms with van der Waals surface area (Å²) in [6.07, 6.45) is 1.49. The molecule has 0 saturated heterocycles. The monoisotopic (exact) mass is 345 g/mol. The lowest BCUT2D eigenvalue weighted by Gasteiger charge is -2.30. The Bertz CT molecular complexity index is 923. The number of fused-ring (bicyclic) bond motifs is 1. The maximum absolute atomic E-state index is 12.7. The Hall–Kier alpha value is -2.87. The summed E-state index contributed by atoms with van der Waals surface area (Å²) in [7, 11) is -3.92. The van der Waals surface area contributed by atoms with Gasteiger partial charge in [0.05, 0.1) is 4.90 Å². The minimum absolute atomic E-state index is 0.00565. The lowest BCUT2D eigenvalue weighted by molar-refractivity contribution is -0.113. The van der Waals surface area contributed by atoms with Crippen LogP contribution in [0.2, 0.25) is 0 Å². The van der Waals surface area contributed by atoms with Crippen LogP contribution in [0.4, 0.5) is 5.82 Å². The average molecular weight is 345 g/mol. The van der Waals surface area contributed by atoms with Crippen LogP contribution in [0.5, 0.6) is 0 Å². The summed E-state index contributed by atoms with van der Waals surface area (Å²) in [5.41, 5.74) is -0.213. The molecule has 2 N–H and O–H groups in total. The molecule has 0 radical (unpaired) electrons. The molecule has 0 bridgehead atoms. The molecule has 0 unspecified atom stereocenters. The number of benzene rings is 1. The van der Waals surface area contributed by atoms with Crippen molar-refractivity contribution in [3.05, 3.63) is 59.9 Å². The Morgan fingerprint density at radius 3 is 2.58 bits per heavy atom. The van der Waals surface area contributed by atoms with E-state index in [1.54, 1.807) is 37.3 Å². The number of aliphatic hydroxyl groups excluding tert-OH is 1. The Balaban J connectivity index is 2.12.